The molecular formula is C26H24N4O3. The smallest absolute Gasteiger partial charge is 0.261 e. The van der Waals surface area contributed by atoms with Crippen LogP contribution in [0.5, 0.6) is 0 Å². The highest BCUT2D eigenvalue weighted by Crippen LogP contribution is 2.26. The Balaban J connectivity index is 1.29. The molecule has 0 bridgehead atoms. The van der Waals surface area contributed by atoms with Crippen molar-refractivity contribution in [3.8, 4) is 0 Å². The lowest BCUT2D eigenvalue weighted by Gasteiger charge is -2.27. The van der Waals surface area contributed by atoms with Crippen molar-refractivity contribution < 1.29 is 14.4 Å². The van der Waals surface area contributed by atoms with Gasteiger partial charge in [-0.1, -0.05) is 30.3 Å². The molecule has 3 heterocycles. The Morgan fingerprint density at radius 1 is 0.879 bits per heavy atom. The van der Waals surface area contributed by atoms with Crippen molar-refractivity contribution in [3.63, 3.8) is 0 Å². The molecule has 1 saturated heterocycles. The third kappa shape index (κ3) is 4.22. The molecule has 2 aromatic carbocycles. The molecule has 1 aromatic heterocycles. The van der Waals surface area contributed by atoms with Gasteiger partial charge in [-0.25, -0.2) is 4.98 Å². The summed E-state index contributed by atoms with van der Waals surface area (Å²) in [6, 6.07) is 17.7. The van der Waals surface area contributed by atoms with Crippen LogP contribution in [0.3, 0.4) is 0 Å². The molecule has 0 spiro atoms. The van der Waals surface area contributed by atoms with E-state index in [-0.39, 0.29) is 29.8 Å². The third-order valence-corrected chi connectivity index (χ3v) is 6.10. The molecule has 7 heteroatoms. The van der Waals surface area contributed by atoms with Crippen LogP contribution in [0.15, 0.2) is 66.9 Å². The molecule has 33 heavy (non-hydrogen) atoms. The van der Waals surface area contributed by atoms with Gasteiger partial charge in [0.2, 0.25) is 0 Å². The van der Waals surface area contributed by atoms with Crippen molar-refractivity contribution in [1.82, 2.24) is 9.88 Å². The molecule has 3 amide bonds. The first-order chi connectivity index (χ1) is 16.1. The summed E-state index contributed by atoms with van der Waals surface area (Å²) in [7, 11) is 0. The van der Waals surface area contributed by atoms with Gasteiger partial charge in [-0.2, -0.15) is 0 Å². The van der Waals surface area contributed by atoms with Crippen LogP contribution >= 0.6 is 0 Å². The average molecular weight is 441 g/mol. The molecule has 0 saturated carbocycles. The van der Waals surface area contributed by atoms with E-state index in [1.165, 1.54) is 30.2 Å². The van der Waals surface area contributed by atoms with Gasteiger partial charge in [0, 0.05) is 18.7 Å². The first kappa shape index (κ1) is 20.9. The summed E-state index contributed by atoms with van der Waals surface area (Å²) in [5.74, 6) is -0.177. The van der Waals surface area contributed by atoms with Crippen molar-refractivity contribution in [2.24, 2.45) is 0 Å². The second-order valence-electron chi connectivity index (χ2n) is 8.35. The van der Waals surface area contributed by atoms with Crippen LogP contribution in [0.25, 0.3) is 0 Å². The number of imide groups is 1. The van der Waals surface area contributed by atoms with Crippen LogP contribution in [0.4, 0.5) is 11.5 Å². The summed E-state index contributed by atoms with van der Waals surface area (Å²) in [6.07, 6.45) is 5.24. The number of pyridine rings is 1. The van der Waals surface area contributed by atoms with Gasteiger partial charge in [0.15, 0.2) is 0 Å². The monoisotopic (exact) mass is 440 g/mol. The van der Waals surface area contributed by atoms with E-state index in [2.05, 4.69) is 15.2 Å². The highest BCUT2D eigenvalue weighted by atomic mass is 16.2. The number of hydrogen-bond donors (Lipinski definition) is 1. The Kier molecular flexibility index (Phi) is 5.60. The van der Waals surface area contributed by atoms with Gasteiger partial charge >= 0.3 is 0 Å². The van der Waals surface area contributed by atoms with Crippen molar-refractivity contribution in [2.75, 3.05) is 23.3 Å². The topological polar surface area (TPSA) is 82.6 Å². The van der Waals surface area contributed by atoms with Crippen LogP contribution in [0.2, 0.25) is 0 Å². The largest absolute Gasteiger partial charge is 0.357 e. The minimum Gasteiger partial charge on any atom is -0.357 e. The fourth-order valence-electron chi connectivity index (χ4n) is 4.31. The molecule has 0 aliphatic carbocycles. The lowest BCUT2D eigenvalue weighted by Crippen LogP contribution is -2.30. The zero-order chi connectivity index (χ0) is 22.8. The zero-order valence-corrected chi connectivity index (χ0v) is 18.2. The Morgan fingerprint density at radius 2 is 1.64 bits per heavy atom. The number of rotatable bonds is 5. The summed E-state index contributed by atoms with van der Waals surface area (Å²) >= 11 is 0. The second-order valence-corrected chi connectivity index (χ2v) is 8.35. The Hall–Kier alpha value is -4.00. The molecular weight excluding hydrogens is 416 g/mol. The fraction of sp³-hybridized carbons (Fsp3) is 0.231. The predicted molar refractivity (Wildman–Crippen MR) is 125 cm³/mol. The molecule has 1 fully saturated rings. The Labute approximate surface area is 192 Å². The fourth-order valence-corrected chi connectivity index (χ4v) is 4.31. The van der Waals surface area contributed by atoms with Gasteiger partial charge < -0.3 is 10.2 Å². The van der Waals surface area contributed by atoms with E-state index in [0.29, 0.717) is 16.8 Å². The SMILES string of the molecule is O=C(Nc1ccc(N2CCCCC2)nc1)c1ccc2c(c1)C(=O)N(Cc1ccccc1)C2=O. The standard InChI is InChI=1S/C26H24N4O3/c31-24(28-20-10-12-23(27-16-20)29-13-5-2-6-14-29)19-9-11-21-22(15-19)26(33)30(25(21)32)17-18-7-3-1-4-8-18/h1,3-4,7-12,15-16H,2,5-6,13-14,17H2,(H,28,31). The molecule has 7 nitrogen and oxygen atoms in total. The normalized spacial score (nSPS) is 15.5. The van der Waals surface area contributed by atoms with E-state index in [1.807, 2.05) is 42.5 Å². The number of hydrogen-bond acceptors (Lipinski definition) is 5. The van der Waals surface area contributed by atoms with Gasteiger partial charge in [-0.15, -0.1) is 0 Å². The number of nitrogens with zero attached hydrogens (tertiary/aromatic N) is 3. The van der Waals surface area contributed by atoms with Crippen LogP contribution in [-0.2, 0) is 6.54 Å². The van der Waals surface area contributed by atoms with E-state index in [1.54, 1.807) is 18.3 Å². The number of nitrogens with one attached hydrogen (secondary N) is 1. The lowest BCUT2D eigenvalue weighted by molar-refractivity contribution is 0.0642. The molecule has 1 N–H and O–H groups in total. The average Bonchev–Trinajstić information content (AvgIpc) is 3.10. The van der Waals surface area contributed by atoms with Crippen LogP contribution < -0.4 is 10.2 Å². The summed E-state index contributed by atoms with van der Waals surface area (Å²) in [4.78, 5) is 46.4. The number of benzene rings is 2. The first-order valence-electron chi connectivity index (χ1n) is 11.2. The summed E-state index contributed by atoms with van der Waals surface area (Å²) < 4.78 is 0. The molecule has 2 aliphatic heterocycles. The number of fused-ring (bicyclic) bond motifs is 1. The molecule has 0 atom stereocenters. The molecule has 3 aromatic rings. The zero-order valence-electron chi connectivity index (χ0n) is 18.2. The van der Waals surface area contributed by atoms with Gasteiger partial charge in [-0.05, 0) is 55.2 Å². The molecule has 0 radical (unpaired) electrons. The minimum atomic E-state index is -0.388. The van der Waals surface area contributed by atoms with E-state index in [4.69, 9.17) is 0 Å². The maximum atomic E-state index is 12.9. The lowest BCUT2D eigenvalue weighted by atomic mass is 10.1. The molecule has 5 rings (SSSR count). The number of carbonyl (C=O) groups excluding carboxylic acids is 3. The van der Waals surface area contributed by atoms with E-state index >= 15 is 0 Å². The Bertz CT molecular complexity index is 1200. The van der Waals surface area contributed by atoms with E-state index in [0.717, 1.165) is 24.5 Å². The maximum Gasteiger partial charge on any atom is 0.261 e. The van der Waals surface area contributed by atoms with Crippen LogP contribution in [0.1, 0.15) is 55.9 Å². The predicted octanol–water partition coefficient (Wildman–Crippen LogP) is 4.12. The summed E-state index contributed by atoms with van der Waals surface area (Å²) in [6.45, 7) is 2.20. The van der Waals surface area contributed by atoms with Crippen LogP contribution in [0, 0.1) is 0 Å². The molecule has 166 valence electrons. The van der Waals surface area contributed by atoms with Gasteiger partial charge in [0.05, 0.1) is 29.6 Å². The van der Waals surface area contributed by atoms with Gasteiger partial charge in [-0.3, -0.25) is 19.3 Å². The quantitative estimate of drug-likeness (QED) is 0.604. The number of amides is 3. The van der Waals surface area contributed by atoms with Crippen molar-refractivity contribution >= 4 is 29.2 Å². The van der Waals surface area contributed by atoms with Crippen molar-refractivity contribution in [2.45, 2.75) is 25.8 Å². The van der Waals surface area contributed by atoms with Gasteiger partial charge in [0.25, 0.3) is 17.7 Å². The number of piperidine rings is 1. The van der Waals surface area contributed by atoms with Crippen LogP contribution in [-0.4, -0.2) is 40.7 Å². The highest BCUT2D eigenvalue weighted by Gasteiger charge is 2.36. The highest BCUT2D eigenvalue weighted by molar-refractivity contribution is 6.22. The first-order valence-corrected chi connectivity index (χ1v) is 11.2. The number of aromatic nitrogens is 1. The van der Waals surface area contributed by atoms with Crippen molar-refractivity contribution in [1.29, 1.82) is 0 Å². The summed E-state index contributed by atoms with van der Waals surface area (Å²) in [5.41, 5.74) is 2.33. The van der Waals surface area contributed by atoms with Gasteiger partial charge in [0.1, 0.15) is 5.82 Å². The Morgan fingerprint density at radius 3 is 2.36 bits per heavy atom. The molecule has 2 aliphatic rings. The third-order valence-electron chi connectivity index (χ3n) is 6.10. The minimum absolute atomic E-state index is 0.198. The summed E-state index contributed by atoms with van der Waals surface area (Å²) in [5, 5.41) is 2.83. The maximum absolute atomic E-state index is 12.9. The second kappa shape index (κ2) is 8.86. The number of anilines is 2. The van der Waals surface area contributed by atoms with Crippen molar-refractivity contribution in [3.05, 3.63) is 89.1 Å². The van der Waals surface area contributed by atoms with E-state index in [9.17, 15) is 14.4 Å². The van der Waals surface area contributed by atoms with E-state index < -0.39 is 0 Å². The molecule has 0 unspecified atom stereocenters. The number of carbonyl (C=O) groups is 3.